The Morgan fingerprint density at radius 2 is 0.950 bits per heavy atom. The molecule has 0 aliphatic carbocycles. The van der Waals surface area contributed by atoms with Crippen LogP contribution in [0.5, 0.6) is 0 Å². The van der Waals surface area contributed by atoms with E-state index in [0.717, 1.165) is 83.1 Å². The van der Waals surface area contributed by atoms with Crippen molar-refractivity contribution in [1.82, 2.24) is 30.9 Å². The van der Waals surface area contributed by atoms with E-state index >= 15 is 0 Å². The maximum atomic E-state index is 13.8. The summed E-state index contributed by atoms with van der Waals surface area (Å²) in [6.07, 6.45) is 11.9. The zero-order valence-electron chi connectivity index (χ0n) is 34.8. The van der Waals surface area contributed by atoms with E-state index in [-0.39, 0.29) is 17.5 Å². The van der Waals surface area contributed by atoms with E-state index in [2.05, 4.69) is 39.8 Å². The predicted molar refractivity (Wildman–Crippen MR) is 243 cm³/mol. The van der Waals surface area contributed by atoms with E-state index in [1.807, 2.05) is 42.6 Å². The van der Waals surface area contributed by atoms with Gasteiger partial charge in [-0.2, -0.15) is 0 Å². The first-order valence-electron chi connectivity index (χ1n) is 21.6. The first-order valence-corrected chi connectivity index (χ1v) is 24.0. The van der Waals surface area contributed by atoms with Crippen LogP contribution in [0.2, 0.25) is 0 Å². The summed E-state index contributed by atoms with van der Waals surface area (Å²) in [6.45, 7) is 10.8. The molecular weight excluding hydrogens is 814 g/mol. The van der Waals surface area contributed by atoms with Crippen LogP contribution < -0.4 is 16.0 Å². The molecule has 0 radical (unpaired) electrons. The van der Waals surface area contributed by atoms with Gasteiger partial charge in [-0.1, -0.05) is 61.5 Å². The number of benzene rings is 3. The fourth-order valence-corrected chi connectivity index (χ4v) is 12.0. The van der Waals surface area contributed by atoms with Gasteiger partial charge in [-0.05, 0) is 144 Å². The summed E-state index contributed by atoms with van der Waals surface area (Å²) < 4.78 is 41.1. The van der Waals surface area contributed by atoms with Crippen LogP contribution in [0.1, 0.15) is 121 Å². The maximum Gasteiger partial charge on any atom is 0.126 e. The summed E-state index contributed by atoms with van der Waals surface area (Å²) in [5.41, 5.74) is 4.56. The lowest BCUT2D eigenvalue weighted by Crippen LogP contribution is -2.26. The van der Waals surface area contributed by atoms with Crippen molar-refractivity contribution in [3.63, 3.8) is 0 Å². The number of nitrogens with one attached hydrogen (secondary N) is 3. The van der Waals surface area contributed by atoms with E-state index in [4.69, 9.17) is 4.98 Å². The molecule has 3 saturated heterocycles. The standard InChI is InChI=1S/C17H21FN2S.C16H19FN2S.C15H17FN2S/c1-2-15-17(12-7-9-19-10-8-12)21-16(20-15)11-13-5-3-4-6-14(13)18;1-11-16(12-6-8-18-9-7-12)20-15(19-11)10-13-4-2-3-5-14(13)17;16-13-4-2-1-3-12(13)9-15-18-10-14(19-15)11-5-7-17-8-6-11/h3-6,12,19H,2,7-11H2,1H3;2-5,12,18H,6-10H2,1H3;1-4,10-11,17H,5-9H2. The molecule has 60 heavy (non-hydrogen) atoms. The Kier molecular flexibility index (Phi) is 16.5. The molecule has 0 saturated carbocycles. The minimum atomic E-state index is -0.138. The van der Waals surface area contributed by atoms with Crippen molar-refractivity contribution in [3.05, 3.63) is 154 Å². The zero-order valence-corrected chi connectivity index (χ0v) is 37.2. The molecule has 12 heteroatoms. The maximum absolute atomic E-state index is 13.8. The average molecular weight is 871 g/mol. The van der Waals surface area contributed by atoms with Crippen LogP contribution in [0.15, 0.2) is 79.0 Å². The molecule has 318 valence electrons. The third kappa shape index (κ3) is 12.2. The molecule has 3 N–H and O–H groups in total. The highest BCUT2D eigenvalue weighted by molar-refractivity contribution is 7.12. The second kappa shape index (κ2) is 22.4. The second-order valence-corrected chi connectivity index (χ2v) is 19.2. The van der Waals surface area contributed by atoms with Crippen molar-refractivity contribution in [1.29, 1.82) is 0 Å². The molecule has 6 aromatic rings. The summed E-state index contributed by atoms with van der Waals surface area (Å²) in [4.78, 5) is 18.1. The topological polar surface area (TPSA) is 74.8 Å². The van der Waals surface area contributed by atoms with E-state index < -0.39 is 0 Å². The van der Waals surface area contributed by atoms with Gasteiger partial charge in [-0.15, -0.1) is 34.0 Å². The summed E-state index contributed by atoms with van der Waals surface area (Å²) >= 11 is 5.29. The molecule has 3 aliphatic rings. The fraction of sp³-hybridized carbons (Fsp3) is 0.438. The molecule has 0 amide bonds. The summed E-state index contributed by atoms with van der Waals surface area (Å²) in [6, 6.07) is 20.9. The third-order valence-electron chi connectivity index (χ3n) is 11.6. The van der Waals surface area contributed by atoms with E-state index in [0.29, 0.717) is 37.0 Å². The molecular formula is C48H57F3N6S3. The van der Waals surface area contributed by atoms with Crippen LogP contribution in [0, 0.1) is 24.4 Å². The van der Waals surface area contributed by atoms with E-state index in [9.17, 15) is 13.2 Å². The Morgan fingerprint density at radius 3 is 1.43 bits per heavy atom. The molecule has 0 atom stereocenters. The van der Waals surface area contributed by atoms with Crippen molar-refractivity contribution in [2.75, 3.05) is 39.3 Å². The van der Waals surface area contributed by atoms with Crippen LogP contribution in [-0.2, 0) is 25.7 Å². The van der Waals surface area contributed by atoms with Crippen LogP contribution in [0.4, 0.5) is 13.2 Å². The molecule has 3 aliphatic heterocycles. The largest absolute Gasteiger partial charge is 0.317 e. The number of aryl methyl sites for hydroxylation is 2. The van der Waals surface area contributed by atoms with E-state index in [1.54, 1.807) is 52.2 Å². The van der Waals surface area contributed by atoms with Crippen molar-refractivity contribution in [2.24, 2.45) is 0 Å². The molecule has 3 aromatic carbocycles. The van der Waals surface area contributed by atoms with Gasteiger partial charge in [-0.3, -0.25) is 0 Å². The number of aromatic nitrogens is 3. The van der Waals surface area contributed by atoms with Gasteiger partial charge in [0.2, 0.25) is 0 Å². The number of hydrogen-bond acceptors (Lipinski definition) is 9. The van der Waals surface area contributed by atoms with Gasteiger partial charge in [0.1, 0.15) is 17.5 Å². The quantitative estimate of drug-likeness (QED) is 0.127. The monoisotopic (exact) mass is 870 g/mol. The van der Waals surface area contributed by atoms with Gasteiger partial charge in [-0.25, -0.2) is 28.1 Å². The number of piperidine rings is 3. The number of rotatable bonds is 10. The Labute approximate surface area is 365 Å². The summed E-state index contributed by atoms with van der Waals surface area (Å²) in [7, 11) is 0. The number of halogens is 3. The van der Waals surface area contributed by atoms with Gasteiger partial charge in [0.05, 0.1) is 26.4 Å². The molecule has 0 bridgehead atoms. The van der Waals surface area contributed by atoms with Crippen molar-refractivity contribution in [3.8, 4) is 0 Å². The summed E-state index contributed by atoms with van der Waals surface area (Å²) in [5.74, 6) is 1.49. The van der Waals surface area contributed by atoms with Crippen LogP contribution in [-0.4, -0.2) is 54.2 Å². The zero-order chi connectivity index (χ0) is 41.7. The molecule has 0 spiro atoms. The van der Waals surface area contributed by atoms with Crippen molar-refractivity contribution >= 4 is 34.0 Å². The number of nitrogens with zero attached hydrogens (tertiary/aromatic N) is 3. The molecule has 3 aromatic heterocycles. The molecule has 6 nitrogen and oxygen atoms in total. The average Bonchev–Trinajstić information content (AvgIpc) is 4.03. The first-order chi connectivity index (χ1) is 29.3. The highest BCUT2D eigenvalue weighted by Gasteiger charge is 2.23. The Morgan fingerprint density at radius 1 is 0.533 bits per heavy atom. The van der Waals surface area contributed by atoms with Gasteiger partial charge in [0.15, 0.2) is 0 Å². The number of hydrogen-bond donors (Lipinski definition) is 3. The Bertz CT molecular complexity index is 2230. The molecule has 6 heterocycles. The van der Waals surface area contributed by atoms with Crippen LogP contribution in [0.25, 0.3) is 0 Å². The van der Waals surface area contributed by atoms with Gasteiger partial charge in [0.25, 0.3) is 0 Å². The minimum absolute atomic E-state index is 0.130. The Balaban J connectivity index is 0.000000136. The van der Waals surface area contributed by atoms with Crippen LogP contribution in [0.3, 0.4) is 0 Å². The fourth-order valence-electron chi connectivity index (χ4n) is 8.27. The lowest BCUT2D eigenvalue weighted by molar-refractivity contribution is 0.463. The third-order valence-corrected chi connectivity index (χ3v) is 15.4. The SMILES string of the molecule is CCc1nc(Cc2ccccc2F)sc1C1CCNCC1.Cc1nc(Cc2ccccc2F)sc1C1CCNCC1.Fc1ccccc1Cc1ncc(C2CCNCC2)s1. The summed E-state index contributed by atoms with van der Waals surface area (Å²) in [5, 5.41) is 13.3. The van der Waals surface area contributed by atoms with Gasteiger partial charge in [0, 0.05) is 40.1 Å². The highest BCUT2D eigenvalue weighted by atomic mass is 32.1. The highest BCUT2D eigenvalue weighted by Crippen LogP contribution is 2.36. The second-order valence-electron chi connectivity index (χ2n) is 15.9. The number of thiazole rings is 3. The van der Waals surface area contributed by atoms with Gasteiger partial charge >= 0.3 is 0 Å². The van der Waals surface area contributed by atoms with Crippen molar-refractivity contribution in [2.45, 2.75) is 95.8 Å². The lowest BCUT2D eigenvalue weighted by Gasteiger charge is -2.22. The predicted octanol–water partition coefficient (Wildman–Crippen LogP) is 10.9. The smallest absolute Gasteiger partial charge is 0.126 e. The van der Waals surface area contributed by atoms with E-state index in [1.165, 1.54) is 77.0 Å². The normalized spacial score (nSPS) is 16.5. The lowest BCUT2D eigenvalue weighted by atomic mass is 9.95. The minimum Gasteiger partial charge on any atom is -0.317 e. The van der Waals surface area contributed by atoms with Gasteiger partial charge < -0.3 is 16.0 Å². The van der Waals surface area contributed by atoms with Crippen molar-refractivity contribution < 1.29 is 13.2 Å². The van der Waals surface area contributed by atoms with Crippen LogP contribution >= 0.6 is 34.0 Å². The molecule has 9 rings (SSSR count). The Hall–Kier alpha value is -3.78. The first kappa shape index (κ1) is 44.3. The molecule has 0 unspecified atom stereocenters. The molecule has 3 fully saturated rings.